The van der Waals surface area contributed by atoms with Crippen LogP contribution in [0.5, 0.6) is 23.0 Å². The fourth-order valence-corrected chi connectivity index (χ4v) is 6.10. The lowest BCUT2D eigenvalue weighted by molar-refractivity contribution is -0.147. The van der Waals surface area contributed by atoms with Crippen molar-refractivity contribution < 1.29 is 38.9 Å². The van der Waals surface area contributed by atoms with Crippen molar-refractivity contribution in [3.63, 3.8) is 0 Å². The van der Waals surface area contributed by atoms with E-state index in [9.17, 15) is 19.2 Å². The first-order valence-electron chi connectivity index (χ1n) is 19.4. The predicted molar refractivity (Wildman–Crippen MR) is 254 cm³/mol. The number of benzene rings is 6. The van der Waals surface area contributed by atoms with Crippen molar-refractivity contribution in [1.29, 1.82) is 0 Å². The van der Waals surface area contributed by atoms with Gasteiger partial charge in [0, 0.05) is 18.4 Å². The van der Waals surface area contributed by atoms with E-state index in [1.807, 2.05) is 141 Å². The Morgan fingerprint density at radius 2 is 0.984 bits per heavy atom. The van der Waals surface area contributed by atoms with Gasteiger partial charge in [0.05, 0.1) is 5.69 Å². The number of hydrogen-bond donors (Lipinski definition) is 4. The van der Waals surface area contributed by atoms with Gasteiger partial charge in [-0.3, -0.25) is 29.0 Å². The third-order valence-corrected chi connectivity index (χ3v) is 9.55. The molecule has 14 heteroatoms. The summed E-state index contributed by atoms with van der Waals surface area (Å²) in [6, 6.07) is 47.9. The summed E-state index contributed by atoms with van der Waals surface area (Å²) in [5, 5.41) is 22.4. The van der Waals surface area contributed by atoms with E-state index in [0.29, 0.717) is 16.5 Å². The number of carboxylic acid groups (broad SMARTS) is 2. The zero-order valence-corrected chi connectivity index (χ0v) is 36.4. The number of rotatable bonds is 10. The van der Waals surface area contributed by atoms with Crippen LogP contribution in [0.3, 0.4) is 0 Å². The van der Waals surface area contributed by atoms with Crippen LogP contribution in [0.2, 0.25) is 0 Å². The SMILES string of the molecule is Cc1ccc(/C=C2\C(=O)N(C)C(=S)N(c3ccc(Oc4ccc(C)cc4)cc3)C2=O)cc1.Cc1ccc(Oc2ccc(NC(=S)Nc3ccccc3)cc2)cc1.O=C(O)CC(=O)O. The molecule has 0 bridgehead atoms. The number of aliphatic carboxylic acids is 2. The Labute approximate surface area is 376 Å². The Hall–Kier alpha value is -7.68. The number of aryl methyl sites for hydroxylation is 3. The lowest BCUT2D eigenvalue weighted by Crippen LogP contribution is -2.54. The molecule has 1 aliphatic rings. The number of carbonyl (C=O) groups is 4. The van der Waals surface area contributed by atoms with E-state index >= 15 is 0 Å². The Kier molecular flexibility index (Phi) is 16.4. The molecule has 320 valence electrons. The summed E-state index contributed by atoms with van der Waals surface area (Å²) >= 11 is 10.7. The molecule has 1 heterocycles. The summed E-state index contributed by atoms with van der Waals surface area (Å²) in [4.78, 5) is 47.6. The van der Waals surface area contributed by atoms with Gasteiger partial charge in [-0.2, -0.15) is 0 Å². The van der Waals surface area contributed by atoms with Crippen LogP contribution in [0.4, 0.5) is 17.1 Å². The van der Waals surface area contributed by atoms with Crippen molar-refractivity contribution in [3.05, 3.63) is 179 Å². The molecule has 6 aromatic rings. The fraction of sp³-hybridized carbons (Fsp3) is 0.102. The van der Waals surface area contributed by atoms with Gasteiger partial charge in [0.15, 0.2) is 10.2 Å². The molecule has 1 saturated heterocycles. The number of amides is 2. The molecule has 0 unspecified atom stereocenters. The van der Waals surface area contributed by atoms with Crippen molar-refractivity contribution in [2.75, 3.05) is 22.6 Å². The molecule has 0 spiro atoms. The van der Waals surface area contributed by atoms with Gasteiger partial charge in [-0.05, 0) is 142 Å². The molecule has 7 rings (SSSR count). The third kappa shape index (κ3) is 14.2. The van der Waals surface area contributed by atoms with Crippen LogP contribution in [0.15, 0.2) is 157 Å². The maximum absolute atomic E-state index is 13.3. The number of para-hydroxylation sites is 1. The summed E-state index contributed by atoms with van der Waals surface area (Å²) < 4.78 is 11.7. The lowest BCUT2D eigenvalue weighted by Gasteiger charge is -2.34. The summed E-state index contributed by atoms with van der Waals surface area (Å²) in [5.74, 6) is -0.537. The van der Waals surface area contributed by atoms with Crippen molar-refractivity contribution in [2.24, 2.45) is 0 Å². The van der Waals surface area contributed by atoms with Gasteiger partial charge in [-0.15, -0.1) is 0 Å². The molecule has 12 nitrogen and oxygen atoms in total. The van der Waals surface area contributed by atoms with E-state index < -0.39 is 30.2 Å². The number of carbonyl (C=O) groups excluding carboxylic acids is 2. The molecule has 6 aromatic carbocycles. The van der Waals surface area contributed by atoms with Crippen LogP contribution in [0.25, 0.3) is 6.08 Å². The quantitative estimate of drug-likeness (QED) is 0.0447. The minimum absolute atomic E-state index is 0.0601. The van der Waals surface area contributed by atoms with Crippen LogP contribution in [0, 0.1) is 20.8 Å². The molecule has 1 fully saturated rings. The van der Waals surface area contributed by atoms with Crippen molar-refractivity contribution in [1.82, 2.24) is 4.90 Å². The second-order valence-electron chi connectivity index (χ2n) is 14.0. The maximum Gasteiger partial charge on any atom is 0.314 e. The molecule has 4 N–H and O–H groups in total. The van der Waals surface area contributed by atoms with Crippen LogP contribution in [0.1, 0.15) is 28.7 Å². The number of nitrogens with one attached hydrogen (secondary N) is 2. The number of anilines is 3. The summed E-state index contributed by atoms with van der Waals surface area (Å²) in [7, 11) is 1.57. The molecular formula is C49H44N4O8S2. The Morgan fingerprint density at radius 1 is 0.587 bits per heavy atom. The van der Waals surface area contributed by atoms with Crippen LogP contribution in [-0.2, 0) is 19.2 Å². The molecule has 0 atom stereocenters. The monoisotopic (exact) mass is 880 g/mol. The standard InChI is InChI=1S/C26H22N2O3S.C20H18N2OS.C3H4O4/c1-17-4-8-19(9-5-17)16-23-24(29)27(3)26(32)28(25(23)30)20-10-14-22(15-11-20)31-21-12-6-18(2)7-13-21;1-15-7-11-18(12-8-15)23-19-13-9-17(10-14-19)22-20(24)21-16-5-3-2-4-6-16;4-2(5)1-3(6)7/h4-16H,1-3H3;2-14H,1H3,(H2,21,22,24);1H2,(H,4,5)(H,6,7)/b23-16+;;. The average Bonchev–Trinajstić information content (AvgIpc) is 3.25. The number of nitrogens with zero attached hydrogens (tertiary/aromatic N) is 2. The Morgan fingerprint density at radius 3 is 1.41 bits per heavy atom. The number of ether oxygens (including phenoxy) is 2. The highest BCUT2D eigenvalue weighted by molar-refractivity contribution is 7.81. The molecule has 0 radical (unpaired) electrons. The highest BCUT2D eigenvalue weighted by Gasteiger charge is 2.38. The molecule has 1 aliphatic heterocycles. The highest BCUT2D eigenvalue weighted by Crippen LogP contribution is 2.29. The summed E-state index contributed by atoms with van der Waals surface area (Å²) in [5.41, 5.74) is 6.71. The van der Waals surface area contributed by atoms with E-state index in [0.717, 1.165) is 45.3 Å². The number of hydrogen-bond acceptors (Lipinski definition) is 8. The van der Waals surface area contributed by atoms with E-state index in [4.69, 9.17) is 44.1 Å². The molecule has 0 saturated carbocycles. The maximum atomic E-state index is 13.3. The van der Waals surface area contributed by atoms with Gasteiger partial charge < -0.3 is 30.3 Å². The fourth-order valence-electron chi connectivity index (χ4n) is 5.60. The summed E-state index contributed by atoms with van der Waals surface area (Å²) in [6.45, 7) is 6.05. The second kappa shape index (κ2) is 22.2. The van der Waals surface area contributed by atoms with Gasteiger partial charge in [-0.1, -0.05) is 83.4 Å². The van der Waals surface area contributed by atoms with Gasteiger partial charge in [0.1, 0.15) is 35.0 Å². The molecular weight excluding hydrogens is 837 g/mol. The normalized spacial score (nSPS) is 12.6. The second-order valence-corrected chi connectivity index (χ2v) is 14.8. The van der Waals surface area contributed by atoms with Crippen LogP contribution < -0.4 is 25.0 Å². The molecule has 2 amide bonds. The zero-order chi connectivity index (χ0) is 45.5. The largest absolute Gasteiger partial charge is 0.481 e. The predicted octanol–water partition coefficient (Wildman–Crippen LogP) is 10.4. The van der Waals surface area contributed by atoms with E-state index in [2.05, 4.69) is 17.6 Å². The van der Waals surface area contributed by atoms with Gasteiger partial charge >= 0.3 is 11.9 Å². The van der Waals surface area contributed by atoms with Crippen LogP contribution >= 0.6 is 24.4 Å². The van der Waals surface area contributed by atoms with Crippen molar-refractivity contribution in [3.8, 4) is 23.0 Å². The molecule has 63 heavy (non-hydrogen) atoms. The third-order valence-electron chi connectivity index (χ3n) is 8.89. The minimum Gasteiger partial charge on any atom is -0.481 e. The minimum atomic E-state index is -1.31. The highest BCUT2D eigenvalue weighted by atomic mass is 32.1. The van der Waals surface area contributed by atoms with Gasteiger partial charge in [0.2, 0.25) is 0 Å². The van der Waals surface area contributed by atoms with Gasteiger partial charge in [0.25, 0.3) is 11.8 Å². The van der Waals surface area contributed by atoms with Crippen molar-refractivity contribution in [2.45, 2.75) is 27.2 Å². The van der Waals surface area contributed by atoms with Crippen molar-refractivity contribution >= 4 is 81.6 Å². The lowest BCUT2D eigenvalue weighted by atomic mass is 10.1. The van der Waals surface area contributed by atoms with E-state index in [1.54, 1.807) is 37.4 Å². The Balaban J connectivity index is 0.000000212. The van der Waals surface area contributed by atoms with E-state index in [1.165, 1.54) is 15.4 Å². The first-order valence-corrected chi connectivity index (χ1v) is 20.2. The Bertz CT molecular complexity index is 2570. The first kappa shape index (κ1) is 46.4. The number of likely N-dealkylation sites (N-methyl/N-ethyl adjacent to an activating group) is 1. The van der Waals surface area contributed by atoms with Crippen LogP contribution in [-0.4, -0.2) is 56.1 Å². The number of thiocarbonyl (C=S) groups is 2. The number of carboxylic acids is 2. The smallest absolute Gasteiger partial charge is 0.314 e. The summed E-state index contributed by atoms with van der Waals surface area (Å²) in [6.07, 6.45) is 0.796. The topological polar surface area (TPSA) is 158 Å². The van der Waals surface area contributed by atoms with Gasteiger partial charge in [-0.25, -0.2) is 0 Å². The molecule has 0 aromatic heterocycles. The zero-order valence-electron chi connectivity index (χ0n) is 34.8. The van der Waals surface area contributed by atoms with E-state index in [-0.39, 0.29) is 10.7 Å². The first-order chi connectivity index (χ1) is 30.1. The molecule has 0 aliphatic carbocycles. The average molecular weight is 881 g/mol.